The van der Waals surface area contributed by atoms with E-state index >= 15 is 0 Å². The van der Waals surface area contributed by atoms with Crippen molar-refractivity contribution in [3.05, 3.63) is 0 Å². The van der Waals surface area contributed by atoms with Gasteiger partial charge in [0.25, 0.3) is 0 Å². The molecule has 1 aliphatic rings. The molecule has 0 aromatic rings. The first-order valence-electron chi connectivity index (χ1n) is 6.99. The first kappa shape index (κ1) is 17.4. The van der Waals surface area contributed by atoms with E-state index in [-0.39, 0.29) is 18.2 Å². The van der Waals surface area contributed by atoms with Crippen molar-refractivity contribution in [1.82, 2.24) is 15.5 Å². The SMILES string of the molecule is COCCCNC(=O)C(C)N1CCNC(=O)C1CC(=O)O. The van der Waals surface area contributed by atoms with E-state index < -0.39 is 18.1 Å². The van der Waals surface area contributed by atoms with Gasteiger partial charge in [-0.2, -0.15) is 0 Å². The van der Waals surface area contributed by atoms with Crippen LogP contribution in [0.2, 0.25) is 0 Å². The number of carbonyl (C=O) groups is 3. The van der Waals surface area contributed by atoms with Gasteiger partial charge in [0.1, 0.15) is 6.04 Å². The van der Waals surface area contributed by atoms with E-state index in [1.54, 1.807) is 18.9 Å². The van der Waals surface area contributed by atoms with Gasteiger partial charge in [0, 0.05) is 33.4 Å². The molecule has 1 rings (SSSR count). The maximum Gasteiger partial charge on any atom is 0.305 e. The molecule has 0 aromatic heterocycles. The highest BCUT2D eigenvalue weighted by atomic mass is 16.5. The highest BCUT2D eigenvalue weighted by Gasteiger charge is 2.36. The average Bonchev–Trinajstić information content (AvgIpc) is 2.44. The Hall–Kier alpha value is -1.67. The third-order valence-electron chi connectivity index (χ3n) is 3.44. The number of nitrogens with zero attached hydrogens (tertiary/aromatic N) is 1. The summed E-state index contributed by atoms with van der Waals surface area (Å²) < 4.78 is 4.90. The molecule has 1 aliphatic heterocycles. The van der Waals surface area contributed by atoms with Gasteiger partial charge in [-0.05, 0) is 13.3 Å². The van der Waals surface area contributed by atoms with Crippen molar-refractivity contribution in [2.24, 2.45) is 0 Å². The fraction of sp³-hybridized carbons (Fsp3) is 0.769. The van der Waals surface area contributed by atoms with Gasteiger partial charge in [-0.25, -0.2) is 0 Å². The molecule has 0 bridgehead atoms. The number of methoxy groups -OCH3 is 1. The third kappa shape index (κ3) is 5.31. The molecule has 0 saturated carbocycles. The fourth-order valence-electron chi connectivity index (χ4n) is 2.30. The third-order valence-corrected chi connectivity index (χ3v) is 3.44. The summed E-state index contributed by atoms with van der Waals surface area (Å²) in [6, 6.07) is -1.36. The number of hydrogen-bond donors (Lipinski definition) is 3. The van der Waals surface area contributed by atoms with Crippen molar-refractivity contribution in [2.75, 3.05) is 33.4 Å². The number of carbonyl (C=O) groups excluding carboxylic acids is 2. The summed E-state index contributed by atoms with van der Waals surface area (Å²) >= 11 is 0. The summed E-state index contributed by atoms with van der Waals surface area (Å²) in [5.41, 5.74) is 0. The predicted octanol–water partition coefficient (Wildman–Crippen LogP) is -1.20. The lowest BCUT2D eigenvalue weighted by molar-refractivity contribution is -0.145. The molecule has 120 valence electrons. The summed E-state index contributed by atoms with van der Waals surface area (Å²) in [6.07, 6.45) is 0.390. The lowest BCUT2D eigenvalue weighted by Gasteiger charge is -2.37. The van der Waals surface area contributed by atoms with E-state index in [1.807, 2.05) is 0 Å². The van der Waals surface area contributed by atoms with Gasteiger partial charge in [-0.15, -0.1) is 0 Å². The lowest BCUT2D eigenvalue weighted by atomic mass is 10.1. The molecule has 1 heterocycles. The van der Waals surface area contributed by atoms with Crippen LogP contribution in [0, 0.1) is 0 Å². The topological polar surface area (TPSA) is 108 Å². The molecule has 3 N–H and O–H groups in total. The van der Waals surface area contributed by atoms with Crippen LogP contribution < -0.4 is 10.6 Å². The Bertz CT molecular complexity index is 388. The van der Waals surface area contributed by atoms with Gasteiger partial charge >= 0.3 is 5.97 Å². The van der Waals surface area contributed by atoms with Crippen molar-refractivity contribution in [3.8, 4) is 0 Å². The van der Waals surface area contributed by atoms with Gasteiger partial charge in [0.15, 0.2) is 0 Å². The Balaban J connectivity index is 2.59. The van der Waals surface area contributed by atoms with E-state index in [4.69, 9.17) is 9.84 Å². The smallest absolute Gasteiger partial charge is 0.305 e. The zero-order valence-electron chi connectivity index (χ0n) is 12.4. The Morgan fingerprint density at radius 2 is 2.29 bits per heavy atom. The van der Waals surface area contributed by atoms with E-state index in [2.05, 4.69) is 10.6 Å². The summed E-state index contributed by atoms with van der Waals surface area (Å²) in [7, 11) is 1.59. The van der Waals surface area contributed by atoms with Crippen LogP contribution in [0.4, 0.5) is 0 Å². The van der Waals surface area contributed by atoms with Gasteiger partial charge in [0.2, 0.25) is 11.8 Å². The summed E-state index contributed by atoms with van der Waals surface area (Å²) in [6.45, 7) is 3.59. The molecular weight excluding hydrogens is 278 g/mol. The number of nitrogens with one attached hydrogen (secondary N) is 2. The number of ether oxygens (including phenoxy) is 1. The molecule has 0 spiro atoms. The standard InChI is InChI=1S/C13H23N3O5/c1-9(12(19)14-4-3-7-21-2)16-6-5-15-13(20)10(16)8-11(17)18/h9-10H,3-8H2,1-2H3,(H,14,19)(H,15,20)(H,17,18). The first-order valence-corrected chi connectivity index (χ1v) is 6.99. The van der Waals surface area contributed by atoms with Gasteiger partial charge in [-0.3, -0.25) is 19.3 Å². The summed E-state index contributed by atoms with van der Waals surface area (Å²) in [4.78, 5) is 36.4. The minimum Gasteiger partial charge on any atom is -0.481 e. The molecule has 1 saturated heterocycles. The number of aliphatic carboxylic acids is 1. The number of amides is 2. The zero-order chi connectivity index (χ0) is 15.8. The molecule has 2 unspecified atom stereocenters. The Morgan fingerprint density at radius 1 is 1.57 bits per heavy atom. The minimum absolute atomic E-state index is 0.212. The second kappa shape index (κ2) is 8.58. The molecule has 2 atom stereocenters. The molecular formula is C13H23N3O5. The van der Waals surface area contributed by atoms with Crippen LogP contribution in [-0.4, -0.2) is 73.2 Å². The van der Waals surface area contributed by atoms with E-state index in [0.717, 1.165) is 0 Å². The van der Waals surface area contributed by atoms with Crippen LogP contribution >= 0.6 is 0 Å². The second-order valence-corrected chi connectivity index (χ2v) is 4.96. The molecule has 21 heavy (non-hydrogen) atoms. The Labute approximate surface area is 123 Å². The van der Waals surface area contributed by atoms with Crippen LogP contribution in [0.5, 0.6) is 0 Å². The normalized spacial score (nSPS) is 20.7. The van der Waals surface area contributed by atoms with Crippen molar-refractivity contribution in [1.29, 1.82) is 0 Å². The van der Waals surface area contributed by atoms with Crippen molar-refractivity contribution in [2.45, 2.75) is 31.8 Å². The minimum atomic E-state index is -1.06. The molecule has 0 aliphatic carbocycles. The van der Waals surface area contributed by atoms with E-state index in [1.165, 1.54) is 0 Å². The number of hydrogen-bond acceptors (Lipinski definition) is 5. The van der Waals surface area contributed by atoms with Crippen molar-refractivity contribution >= 4 is 17.8 Å². The van der Waals surface area contributed by atoms with Crippen LogP contribution in [0.3, 0.4) is 0 Å². The monoisotopic (exact) mass is 301 g/mol. The van der Waals surface area contributed by atoms with Gasteiger partial charge in [-0.1, -0.05) is 0 Å². The predicted molar refractivity (Wildman–Crippen MR) is 74.7 cm³/mol. The van der Waals surface area contributed by atoms with Gasteiger partial charge < -0.3 is 20.5 Å². The molecule has 0 radical (unpaired) electrons. The number of carboxylic acid groups (broad SMARTS) is 1. The molecule has 2 amide bonds. The second-order valence-electron chi connectivity index (χ2n) is 4.96. The largest absolute Gasteiger partial charge is 0.481 e. The quantitative estimate of drug-likeness (QED) is 0.486. The molecule has 0 aromatic carbocycles. The fourth-order valence-corrected chi connectivity index (χ4v) is 2.30. The number of rotatable bonds is 8. The molecule has 1 fully saturated rings. The van der Waals surface area contributed by atoms with E-state index in [0.29, 0.717) is 32.7 Å². The molecule has 8 heteroatoms. The lowest BCUT2D eigenvalue weighted by Crippen LogP contribution is -2.61. The van der Waals surface area contributed by atoms with Crippen LogP contribution in [0.25, 0.3) is 0 Å². The van der Waals surface area contributed by atoms with Crippen molar-refractivity contribution < 1.29 is 24.2 Å². The first-order chi connectivity index (χ1) is 9.97. The number of piperazine rings is 1. The Kier molecular flexibility index (Phi) is 7.10. The van der Waals surface area contributed by atoms with Crippen LogP contribution in [0.15, 0.2) is 0 Å². The van der Waals surface area contributed by atoms with Crippen LogP contribution in [-0.2, 0) is 19.1 Å². The summed E-state index contributed by atoms with van der Waals surface area (Å²) in [5, 5.41) is 14.3. The highest BCUT2D eigenvalue weighted by Crippen LogP contribution is 2.13. The van der Waals surface area contributed by atoms with Crippen molar-refractivity contribution in [3.63, 3.8) is 0 Å². The zero-order valence-corrected chi connectivity index (χ0v) is 12.4. The maximum atomic E-state index is 12.1. The van der Waals surface area contributed by atoms with Crippen LogP contribution in [0.1, 0.15) is 19.8 Å². The maximum absolute atomic E-state index is 12.1. The van der Waals surface area contributed by atoms with Gasteiger partial charge in [0.05, 0.1) is 12.5 Å². The average molecular weight is 301 g/mol. The molecule has 8 nitrogen and oxygen atoms in total. The van der Waals surface area contributed by atoms with E-state index in [9.17, 15) is 14.4 Å². The highest BCUT2D eigenvalue weighted by molar-refractivity contribution is 5.88. The number of carboxylic acids is 1. The Morgan fingerprint density at radius 3 is 2.90 bits per heavy atom. The summed E-state index contributed by atoms with van der Waals surface area (Å²) in [5.74, 6) is -1.62.